The zero-order chi connectivity index (χ0) is 22.7. The lowest BCUT2D eigenvalue weighted by Crippen LogP contribution is -2.24. The highest BCUT2D eigenvalue weighted by molar-refractivity contribution is 6.12. The van der Waals surface area contributed by atoms with Gasteiger partial charge >= 0.3 is 0 Å². The van der Waals surface area contributed by atoms with Crippen molar-refractivity contribution in [2.75, 3.05) is 10.6 Å². The number of pyridine rings is 1. The molecule has 0 aliphatic heterocycles. The van der Waals surface area contributed by atoms with Gasteiger partial charge < -0.3 is 10.6 Å². The van der Waals surface area contributed by atoms with Crippen molar-refractivity contribution in [2.45, 2.75) is 32.7 Å². The van der Waals surface area contributed by atoms with Crippen LogP contribution in [0.5, 0.6) is 0 Å². The average Bonchev–Trinajstić information content (AvgIpc) is 3.32. The number of hydrogen-bond donors (Lipinski definition) is 2. The van der Waals surface area contributed by atoms with Gasteiger partial charge in [-0.3, -0.25) is 19.3 Å². The van der Waals surface area contributed by atoms with Crippen LogP contribution in [0.4, 0.5) is 11.4 Å². The van der Waals surface area contributed by atoms with Crippen LogP contribution in [0.3, 0.4) is 0 Å². The van der Waals surface area contributed by atoms with Crippen LogP contribution < -0.4 is 10.6 Å². The van der Waals surface area contributed by atoms with E-state index < -0.39 is 6.04 Å². The number of benzene rings is 2. The van der Waals surface area contributed by atoms with Crippen LogP contribution in [0.15, 0.2) is 73.1 Å². The number of carbonyl (C=O) groups is 2. The lowest BCUT2D eigenvalue weighted by atomic mass is 10.0. The number of para-hydroxylation sites is 1. The van der Waals surface area contributed by atoms with E-state index in [1.54, 1.807) is 54.3 Å². The van der Waals surface area contributed by atoms with Crippen molar-refractivity contribution in [2.24, 2.45) is 0 Å². The number of fused-ring (bicyclic) bond motifs is 1. The smallest absolute Gasteiger partial charge is 0.256 e. The first-order chi connectivity index (χ1) is 15.4. The van der Waals surface area contributed by atoms with Crippen molar-refractivity contribution in [3.63, 3.8) is 0 Å². The SMILES string of the molecule is CC(C)c1cc(C(=O)Nc2cccc(NC(=O)C(C)n3cccn3)c2)c2ccccc2n1. The molecule has 2 N–H and O–H groups in total. The Morgan fingerprint density at radius 2 is 1.66 bits per heavy atom. The summed E-state index contributed by atoms with van der Waals surface area (Å²) in [6.07, 6.45) is 3.37. The molecule has 0 saturated heterocycles. The number of hydrogen-bond acceptors (Lipinski definition) is 4. The molecule has 7 nitrogen and oxygen atoms in total. The minimum Gasteiger partial charge on any atom is -0.324 e. The van der Waals surface area contributed by atoms with Crippen LogP contribution in [-0.4, -0.2) is 26.6 Å². The maximum atomic E-state index is 13.2. The third-order valence-electron chi connectivity index (χ3n) is 5.26. The van der Waals surface area contributed by atoms with Crippen LogP contribution in [0.25, 0.3) is 10.9 Å². The van der Waals surface area contributed by atoms with Crippen LogP contribution in [0, 0.1) is 0 Å². The summed E-state index contributed by atoms with van der Waals surface area (Å²) in [6.45, 7) is 5.87. The first-order valence-electron chi connectivity index (χ1n) is 10.5. The van der Waals surface area contributed by atoms with Gasteiger partial charge in [0.1, 0.15) is 6.04 Å². The van der Waals surface area contributed by atoms with E-state index >= 15 is 0 Å². The van der Waals surface area contributed by atoms with Crippen molar-refractivity contribution in [1.82, 2.24) is 14.8 Å². The highest BCUT2D eigenvalue weighted by Gasteiger charge is 2.17. The topological polar surface area (TPSA) is 88.9 Å². The first-order valence-corrected chi connectivity index (χ1v) is 10.5. The fraction of sp³-hybridized carbons (Fsp3) is 0.200. The second kappa shape index (κ2) is 9.01. The molecule has 2 heterocycles. The third-order valence-corrected chi connectivity index (χ3v) is 5.26. The van der Waals surface area contributed by atoms with E-state index in [9.17, 15) is 9.59 Å². The molecule has 0 spiro atoms. The van der Waals surface area contributed by atoms with E-state index in [1.807, 2.05) is 30.3 Å². The molecule has 1 unspecified atom stereocenters. The number of amides is 2. The molecule has 0 saturated carbocycles. The molecule has 0 aliphatic rings. The van der Waals surface area contributed by atoms with Crippen LogP contribution in [-0.2, 0) is 4.79 Å². The molecule has 2 aromatic carbocycles. The van der Waals surface area contributed by atoms with Crippen LogP contribution in [0.2, 0.25) is 0 Å². The average molecular weight is 428 g/mol. The Hall–Kier alpha value is -4.00. The highest BCUT2D eigenvalue weighted by atomic mass is 16.2. The van der Waals surface area contributed by atoms with Gasteiger partial charge in [-0.25, -0.2) is 0 Å². The van der Waals surface area contributed by atoms with E-state index in [2.05, 4.69) is 34.6 Å². The minimum atomic E-state index is -0.458. The predicted molar refractivity (Wildman–Crippen MR) is 126 cm³/mol. The van der Waals surface area contributed by atoms with Gasteiger partial charge in [-0.05, 0) is 49.2 Å². The van der Waals surface area contributed by atoms with Gasteiger partial charge in [0.15, 0.2) is 0 Å². The Morgan fingerprint density at radius 1 is 0.906 bits per heavy atom. The van der Waals surface area contributed by atoms with Crippen molar-refractivity contribution in [1.29, 1.82) is 0 Å². The molecule has 0 aliphatic carbocycles. The molecular formula is C25H25N5O2. The molecule has 0 radical (unpaired) electrons. The monoisotopic (exact) mass is 427 g/mol. The number of anilines is 2. The Balaban J connectivity index is 1.55. The predicted octanol–water partition coefficient (Wildman–Crippen LogP) is 5.01. The van der Waals surface area contributed by atoms with E-state index in [0.717, 1.165) is 16.6 Å². The van der Waals surface area contributed by atoms with Gasteiger partial charge in [0, 0.05) is 34.8 Å². The van der Waals surface area contributed by atoms with Crippen LogP contribution >= 0.6 is 0 Å². The van der Waals surface area contributed by atoms with Gasteiger partial charge in [-0.1, -0.05) is 38.1 Å². The summed E-state index contributed by atoms with van der Waals surface area (Å²) in [5.74, 6) is -0.223. The first kappa shape index (κ1) is 21.2. The summed E-state index contributed by atoms with van der Waals surface area (Å²) < 4.78 is 1.59. The summed E-state index contributed by atoms with van der Waals surface area (Å²) in [6, 6.07) is 17.9. The second-order valence-corrected chi connectivity index (χ2v) is 7.95. The van der Waals surface area contributed by atoms with E-state index in [0.29, 0.717) is 16.9 Å². The molecule has 2 aromatic heterocycles. The summed E-state index contributed by atoms with van der Waals surface area (Å²) in [4.78, 5) is 30.4. The molecule has 4 aromatic rings. The molecule has 2 amide bonds. The second-order valence-electron chi connectivity index (χ2n) is 7.95. The van der Waals surface area contributed by atoms with Gasteiger partial charge in [-0.15, -0.1) is 0 Å². The molecule has 32 heavy (non-hydrogen) atoms. The Bertz CT molecular complexity index is 1260. The molecule has 0 fully saturated rings. The molecular weight excluding hydrogens is 402 g/mol. The van der Waals surface area contributed by atoms with Crippen molar-refractivity contribution >= 4 is 34.1 Å². The molecule has 7 heteroatoms. The van der Waals surface area contributed by atoms with Gasteiger partial charge in [-0.2, -0.15) is 5.10 Å². The van der Waals surface area contributed by atoms with E-state index in [4.69, 9.17) is 0 Å². The number of carbonyl (C=O) groups excluding carboxylic acids is 2. The van der Waals surface area contributed by atoms with Gasteiger partial charge in [0.2, 0.25) is 5.91 Å². The Kier molecular flexibility index (Phi) is 5.98. The minimum absolute atomic E-state index is 0.195. The Morgan fingerprint density at radius 3 is 2.38 bits per heavy atom. The summed E-state index contributed by atoms with van der Waals surface area (Å²) in [5, 5.41) is 10.7. The summed E-state index contributed by atoms with van der Waals surface area (Å²) in [7, 11) is 0. The number of nitrogens with one attached hydrogen (secondary N) is 2. The van der Waals surface area contributed by atoms with Gasteiger partial charge in [0.25, 0.3) is 5.91 Å². The fourth-order valence-electron chi connectivity index (χ4n) is 3.43. The van der Waals surface area contributed by atoms with Crippen molar-refractivity contribution in [3.8, 4) is 0 Å². The molecule has 0 bridgehead atoms. The van der Waals surface area contributed by atoms with Crippen molar-refractivity contribution < 1.29 is 9.59 Å². The summed E-state index contributed by atoms with van der Waals surface area (Å²) >= 11 is 0. The number of rotatable bonds is 6. The molecule has 1 atom stereocenters. The highest BCUT2D eigenvalue weighted by Crippen LogP contribution is 2.24. The summed E-state index contributed by atoms with van der Waals surface area (Å²) in [5.41, 5.74) is 3.40. The lowest BCUT2D eigenvalue weighted by Gasteiger charge is -2.14. The van der Waals surface area contributed by atoms with E-state index in [1.165, 1.54) is 0 Å². The quantitative estimate of drug-likeness (QED) is 0.453. The van der Waals surface area contributed by atoms with Gasteiger partial charge in [0.05, 0.1) is 11.1 Å². The van der Waals surface area contributed by atoms with E-state index in [-0.39, 0.29) is 17.7 Å². The van der Waals surface area contributed by atoms with Crippen LogP contribution in [0.1, 0.15) is 48.8 Å². The number of nitrogens with zero attached hydrogens (tertiary/aromatic N) is 3. The number of aromatic nitrogens is 3. The fourth-order valence-corrected chi connectivity index (χ4v) is 3.43. The zero-order valence-corrected chi connectivity index (χ0v) is 18.2. The maximum Gasteiger partial charge on any atom is 0.256 e. The largest absolute Gasteiger partial charge is 0.324 e. The maximum absolute atomic E-state index is 13.2. The third kappa shape index (κ3) is 4.51. The standard InChI is InChI=1S/C25H25N5O2/c1-16(2)23-15-21(20-10-4-5-11-22(20)29-23)25(32)28-19-9-6-8-18(14-19)27-24(31)17(3)30-13-7-12-26-30/h4-17H,1-3H3,(H,27,31)(H,28,32). The van der Waals surface area contributed by atoms with Crippen molar-refractivity contribution in [3.05, 3.63) is 84.3 Å². The molecule has 4 rings (SSSR count). The lowest BCUT2D eigenvalue weighted by molar-refractivity contribution is -0.119. The Labute approximate surface area is 186 Å². The molecule has 162 valence electrons. The zero-order valence-electron chi connectivity index (χ0n) is 18.2. The normalized spacial score (nSPS) is 12.0.